The summed E-state index contributed by atoms with van der Waals surface area (Å²) in [7, 11) is 3.29. The lowest BCUT2D eigenvalue weighted by atomic mass is 9.77. The minimum Gasteiger partial charge on any atom is -0.493 e. The Morgan fingerprint density at radius 2 is 1.90 bits per heavy atom. The average molecular weight is 277 g/mol. The average Bonchev–Trinajstić information content (AvgIpc) is 2.46. The monoisotopic (exact) mass is 277 g/mol. The van der Waals surface area contributed by atoms with Gasteiger partial charge >= 0.3 is 0 Å². The van der Waals surface area contributed by atoms with Gasteiger partial charge in [0.05, 0.1) is 14.2 Å². The number of methoxy groups -OCH3 is 2. The van der Waals surface area contributed by atoms with Crippen molar-refractivity contribution in [3.8, 4) is 17.2 Å². The van der Waals surface area contributed by atoms with Gasteiger partial charge in [-0.2, -0.15) is 0 Å². The van der Waals surface area contributed by atoms with Crippen LogP contribution in [0.15, 0.2) is 12.1 Å². The molecule has 0 bridgehead atoms. The fraction of sp³-hybridized carbons (Fsp3) is 0.625. The van der Waals surface area contributed by atoms with Crippen LogP contribution in [0.3, 0.4) is 0 Å². The predicted octanol–water partition coefficient (Wildman–Crippen LogP) is 3.19. The second-order valence-corrected chi connectivity index (χ2v) is 5.88. The van der Waals surface area contributed by atoms with Gasteiger partial charge in [0.25, 0.3) is 0 Å². The Morgan fingerprint density at radius 3 is 2.55 bits per heavy atom. The molecule has 1 aliphatic heterocycles. The predicted molar refractivity (Wildman–Crippen MR) is 77.5 cm³/mol. The molecule has 2 N–H and O–H groups in total. The lowest BCUT2D eigenvalue weighted by Gasteiger charge is -2.44. The van der Waals surface area contributed by atoms with Gasteiger partial charge in [-0.1, -0.05) is 6.42 Å². The molecule has 0 amide bonds. The van der Waals surface area contributed by atoms with Gasteiger partial charge < -0.3 is 19.9 Å². The molecule has 1 heterocycles. The Bertz CT molecular complexity index is 495. The van der Waals surface area contributed by atoms with E-state index in [9.17, 15) is 0 Å². The molecular formula is C16H23NO3. The summed E-state index contributed by atoms with van der Waals surface area (Å²) in [5, 5.41) is 0. The third kappa shape index (κ3) is 2.12. The molecule has 3 rings (SSSR count). The van der Waals surface area contributed by atoms with Crippen LogP contribution in [0, 0.1) is 0 Å². The zero-order chi connectivity index (χ0) is 14.2. The molecule has 2 aliphatic rings. The van der Waals surface area contributed by atoms with Crippen molar-refractivity contribution in [2.45, 2.75) is 50.2 Å². The summed E-state index contributed by atoms with van der Waals surface area (Å²) in [6.07, 6.45) is 6.79. The largest absolute Gasteiger partial charge is 0.493 e. The third-order valence-corrected chi connectivity index (χ3v) is 4.61. The number of ether oxygens (including phenoxy) is 3. The van der Waals surface area contributed by atoms with Gasteiger partial charge in [-0.15, -0.1) is 0 Å². The second-order valence-electron chi connectivity index (χ2n) is 5.88. The summed E-state index contributed by atoms with van der Waals surface area (Å²) in [5.41, 5.74) is 7.31. The van der Waals surface area contributed by atoms with Gasteiger partial charge in [0, 0.05) is 18.0 Å². The quantitative estimate of drug-likeness (QED) is 0.902. The summed E-state index contributed by atoms with van der Waals surface area (Å²) in [6.45, 7) is 0. The molecule has 1 saturated carbocycles. The fourth-order valence-corrected chi connectivity index (χ4v) is 3.58. The van der Waals surface area contributed by atoms with E-state index in [0.717, 1.165) is 30.6 Å². The SMILES string of the molecule is COc1ccc2c(c1OC)OC1(CCCCC1)CC2N. The zero-order valence-electron chi connectivity index (χ0n) is 12.3. The molecule has 1 fully saturated rings. The van der Waals surface area contributed by atoms with Crippen LogP contribution in [0.2, 0.25) is 0 Å². The van der Waals surface area contributed by atoms with Crippen molar-refractivity contribution in [2.75, 3.05) is 14.2 Å². The van der Waals surface area contributed by atoms with Gasteiger partial charge in [0.1, 0.15) is 5.60 Å². The lowest BCUT2D eigenvalue weighted by Crippen LogP contribution is -2.44. The van der Waals surface area contributed by atoms with Crippen LogP contribution in [-0.2, 0) is 0 Å². The van der Waals surface area contributed by atoms with Crippen LogP contribution in [0.25, 0.3) is 0 Å². The van der Waals surface area contributed by atoms with Gasteiger partial charge in [0.2, 0.25) is 5.75 Å². The molecule has 0 radical (unpaired) electrons. The lowest BCUT2D eigenvalue weighted by molar-refractivity contribution is -0.000658. The van der Waals surface area contributed by atoms with Crippen LogP contribution < -0.4 is 19.9 Å². The van der Waals surface area contributed by atoms with Crippen molar-refractivity contribution in [3.63, 3.8) is 0 Å². The van der Waals surface area contributed by atoms with Crippen LogP contribution in [-0.4, -0.2) is 19.8 Å². The highest BCUT2D eigenvalue weighted by atomic mass is 16.5. The van der Waals surface area contributed by atoms with E-state index < -0.39 is 0 Å². The highest BCUT2D eigenvalue weighted by molar-refractivity contribution is 5.57. The van der Waals surface area contributed by atoms with Crippen LogP contribution in [0.4, 0.5) is 0 Å². The number of hydrogen-bond donors (Lipinski definition) is 1. The van der Waals surface area contributed by atoms with Gasteiger partial charge in [-0.05, 0) is 37.8 Å². The van der Waals surface area contributed by atoms with Gasteiger partial charge in [-0.25, -0.2) is 0 Å². The molecule has 1 aliphatic carbocycles. The minimum atomic E-state index is -0.107. The summed E-state index contributed by atoms with van der Waals surface area (Å²) in [5.74, 6) is 2.16. The van der Waals surface area contributed by atoms with E-state index in [1.807, 2.05) is 12.1 Å². The Morgan fingerprint density at radius 1 is 1.15 bits per heavy atom. The topological polar surface area (TPSA) is 53.7 Å². The van der Waals surface area contributed by atoms with Crippen molar-refractivity contribution in [1.29, 1.82) is 0 Å². The van der Waals surface area contributed by atoms with Crippen molar-refractivity contribution in [3.05, 3.63) is 17.7 Å². The normalized spacial score (nSPS) is 23.9. The van der Waals surface area contributed by atoms with Crippen molar-refractivity contribution in [1.82, 2.24) is 0 Å². The molecule has 1 unspecified atom stereocenters. The molecule has 1 aromatic rings. The Labute approximate surface area is 120 Å². The molecule has 1 atom stereocenters. The Balaban J connectivity index is 2.04. The summed E-state index contributed by atoms with van der Waals surface area (Å²) < 4.78 is 17.3. The smallest absolute Gasteiger partial charge is 0.203 e. The zero-order valence-corrected chi connectivity index (χ0v) is 12.3. The highest BCUT2D eigenvalue weighted by Crippen LogP contribution is 2.51. The number of nitrogens with two attached hydrogens (primary N) is 1. The van der Waals surface area contributed by atoms with Crippen LogP contribution in [0.5, 0.6) is 17.2 Å². The van der Waals surface area contributed by atoms with Crippen LogP contribution >= 0.6 is 0 Å². The van der Waals surface area contributed by atoms with E-state index in [1.54, 1.807) is 14.2 Å². The fourth-order valence-electron chi connectivity index (χ4n) is 3.58. The molecule has 4 nitrogen and oxygen atoms in total. The first-order chi connectivity index (χ1) is 9.69. The van der Waals surface area contributed by atoms with Crippen molar-refractivity contribution in [2.24, 2.45) is 5.73 Å². The molecule has 110 valence electrons. The molecule has 0 aromatic heterocycles. The molecule has 20 heavy (non-hydrogen) atoms. The number of benzene rings is 1. The maximum absolute atomic E-state index is 6.41. The number of fused-ring (bicyclic) bond motifs is 1. The highest BCUT2D eigenvalue weighted by Gasteiger charge is 2.42. The standard InChI is InChI=1S/C16H23NO3/c1-18-13-7-6-11-12(17)10-16(8-4-3-5-9-16)20-14(11)15(13)19-2/h6-7,12H,3-5,8-10,17H2,1-2H3. The van der Waals surface area contributed by atoms with E-state index in [-0.39, 0.29) is 11.6 Å². The maximum Gasteiger partial charge on any atom is 0.203 e. The summed E-state index contributed by atoms with van der Waals surface area (Å²) >= 11 is 0. The van der Waals surface area contributed by atoms with E-state index >= 15 is 0 Å². The number of hydrogen-bond acceptors (Lipinski definition) is 4. The van der Waals surface area contributed by atoms with Crippen LogP contribution in [0.1, 0.15) is 50.1 Å². The van der Waals surface area contributed by atoms with E-state index in [0.29, 0.717) is 11.5 Å². The summed E-state index contributed by atoms with van der Waals surface area (Å²) in [4.78, 5) is 0. The molecule has 1 spiro atoms. The minimum absolute atomic E-state index is 0.0108. The van der Waals surface area contributed by atoms with E-state index in [1.165, 1.54) is 19.3 Å². The first-order valence-electron chi connectivity index (χ1n) is 7.38. The first-order valence-corrected chi connectivity index (χ1v) is 7.38. The Kier molecular flexibility index (Phi) is 3.50. The first kappa shape index (κ1) is 13.6. The summed E-state index contributed by atoms with van der Waals surface area (Å²) in [6, 6.07) is 3.91. The van der Waals surface area contributed by atoms with Crippen molar-refractivity contribution >= 4 is 0 Å². The molecule has 0 saturated heterocycles. The second kappa shape index (κ2) is 5.17. The molecule has 4 heteroatoms. The van der Waals surface area contributed by atoms with E-state index in [4.69, 9.17) is 19.9 Å². The maximum atomic E-state index is 6.41. The van der Waals surface area contributed by atoms with Gasteiger partial charge in [-0.3, -0.25) is 0 Å². The Hall–Kier alpha value is -1.42. The van der Waals surface area contributed by atoms with Crippen molar-refractivity contribution < 1.29 is 14.2 Å². The van der Waals surface area contributed by atoms with E-state index in [2.05, 4.69) is 0 Å². The van der Waals surface area contributed by atoms with Gasteiger partial charge in [0.15, 0.2) is 11.5 Å². The number of rotatable bonds is 2. The third-order valence-electron chi connectivity index (χ3n) is 4.61. The molecular weight excluding hydrogens is 254 g/mol. The molecule has 1 aromatic carbocycles.